The molecule has 10 heteroatoms. The summed E-state index contributed by atoms with van der Waals surface area (Å²) in [5, 5.41) is 4.06. The SMILES string of the molecule is CCCCCCCCCCCCC(CCCCCCCCCC)CN1C(=O)c2c(-c3cccs3)sc(-c3sc(-c4cccs4)c4c3C(=O)N(CC(CCCCCCCCCC)CCCCCCCCCCCC)C4=O)c2C1=O. The summed E-state index contributed by atoms with van der Waals surface area (Å²) in [7, 11) is 0. The lowest BCUT2D eigenvalue weighted by molar-refractivity contribution is 0.0606. The van der Waals surface area contributed by atoms with Crippen LogP contribution in [0.15, 0.2) is 35.0 Å². The molecule has 434 valence electrons. The van der Waals surface area contributed by atoms with Gasteiger partial charge in [-0.1, -0.05) is 271 Å². The van der Waals surface area contributed by atoms with Gasteiger partial charge in [0.2, 0.25) is 0 Å². The van der Waals surface area contributed by atoms with Crippen molar-refractivity contribution >= 4 is 69.0 Å². The number of rotatable bonds is 47. The highest BCUT2D eigenvalue weighted by molar-refractivity contribution is 7.29. The van der Waals surface area contributed by atoms with E-state index in [-0.39, 0.29) is 35.5 Å². The third-order valence-electron chi connectivity index (χ3n) is 17.1. The number of unbranched alkanes of at least 4 members (excludes halogenated alkanes) is 32. The molecule has 2 aliphatic rings. The first-order chi connectivity index (χ1) is 38.3. The Morgan fingerprint density at radius 1 is 0.321 bits per heavy atom. The molecule has 0 saturated heterocycles. The number of hydrogen-bond acceptors (Lipinski definition) is 8. The van der Waals surface area contributed by atoms with Crippen LogP contribution in [-0.2, 0) is 0 Å². The molecule has 0 aliphatic carbocycles. The molecule has 0 fully saturated rings. The molecule has 78 heavy (non-hydrogen) atoms. The fourth-order valence-corrected chi connectivity index (χ4v) is 16.8. The van der Waals surface area contributed by atoms with Crippen molar-refractivity contribution in [3.63, 3.8) is 0 Å². The molecule has 4 amide bonds. The maximum Gasteiger partial charge on any atom is 0.263 e. The van der Waals surface area contributed by atoms with Gasteiger partial charge in [-0.2, -0.15) is 0 Å². The van der Waals surface area contributed by atoms with E-state index in [0.29, 0.717) is 45.1 Å². The molecular weight excluding hydrogens is 1040 g/mol. The summed E-state index contributed by atoms with van der Waals surface area (Å²) in [6.45, 7) is 9.96. The van der Waals surface area contributed by atoms with Crippen LogP contribution in [0.3, 0.4) is 0 Å². The highest BCUT2D eigenvalue weighted by atomic mass is 32.1. The first-order valence-electron chi connectivity index (χ1n) is 32.5. The van der Waals surface area contributed by atoms with E-state index in [0.717, 1.165) is 70.9 Å². The lowest BCUT2D eigenvalue weighted by Gasteiger charge is -2.23. The summed E-state index contributed by atoms with van der Waals surface area (Å²) in [4.78, 5) is 68.7. The summed E-state index contributed by atoms with van der Waals surface area (Å²) < 4.78 is 0. The standard InChI is InChI=1S/C68H104N2O4S4/c1-5-9-13-17-21-25-27-31-35-39-45-53(43-37-33-29-23-19-15-11-7-3)51-69-65(71)57-59(67(69)73)63(77-61(57)55-47-41-49-75-55)64-60-58(62(78-64)56-48-42-50-76-56)66(72)70(68(60)74)52-54(44-38-34-30-24-20-16-12-8-4)46-40-36-32-28-26-22-18-14-10-6-2/h41-42,47-50,53-54H,5-40,43-46,51-52H2,1-4H3. The molecule has 4 aromatic rings. The van der Waals surface area contributed by atoms with Crippen molar-refractivity contribution in [2.75, 3.05) is 13.1 Å². The Labute approximate surface area is 490 Å². The van der Waals surface area contributed by atoms with Gasteiger partial charge in [0.25, 0.3) is 23.6 Å². The molecule has 0 N–H and O–H groups in total. The van der Waals surface area contributed by atoms with Gasteiger partial charge in [-0.15, -0.1) is 45.3 Å². The second-order valence-corrected chi connectivity index (χ2v) is 27.6. The smallest absolute Gasteiger partial charge is 0.263 e. The lowest BCUT2D eigenvalue weighted by atomic mass is 9.93. The summed E-state index contributed by atoms with van der Waals surface area (Å²) >= 11 is 6.11. The Hall–Kier alpha value is -2.92. The van der Waals surface area contributed by atoms with Crippen LogP contribution in [0, 0.1) is 11.8 Å². The molecule has 6 heterocycles. The first kappa shape index (κ1) is 64.3. The van der Waals surface area contributed by atoms with Crippen LogP contribution in [0.25, 0.3) is 29.3 Å². The Morgan fingerprint density at radius 3 is 0.782 bits per heavy atom. The fraction of sp³-hybridized carbons (Fsp3) is 0.706. The van der Waals surface area contributed by atoms with Gasteiger partial charge in [0.15, 0.2) is 0 Å². The van der Waals surface area contributed by atoms with E-state index in [2.05, 4.69) is 27.7 Å². The predicted molar refractivity (Wildman–Crippen MR) is 339 cm³/mol. The second-order valence-electron chi connectivity index (χ2n) is 23.6. The van der Waals surface area contributed by atoms with Gasteiger partial charge in [-0.25, -0.2) is 0 Å². The third kappa shape index (κ3) is 19.6. The van der Waals surface area contributed by atoms with E-state index in [1.807, 2.05) is 35.0 Å². The van der Waals surface area contributed by atoms with Gasteiger partial charge in [-0.3, -0.25) is 29.0 Å². The molecule has 6 nitrogen and oxygen atoms in total. The topological polar surface area (TPSA) is 74.8 Å². The Kier molecular flexibility index (Phi) is 30.7. The van der Waals surface area contributed by atoms with Crippen molar-refractivity contribution in [3.05, 3.63) is 57.3 Å². The highest BCUT2D eigenvalue weighted by Gasteiger charge is 2.48. The van der Waals surface area contributed by atoms with E-state index >= 15 is 19.2 Å². The van der Waals surface area contributed by atoms with Crippen LogP contribution in [0.4, 0.5) is 0 Å². The molecule has 0 aromatic carbocycles. The number of fused-ring (bicyclic) bond motifs is 2. The highest BCUT2D eigenvalue weighted by Crippen LogP contribution is 2.54. The zero-order valence-electron chi connectivity index (χ0n) is 49.5. The van der Waals surface area contributed by atoms with Gasteiger partial charge in [0.1, 0.15) is 0 Å². The maximum atomic E-state index is 15.3. The van der Waals surface area contributed by atoms with Crippen LogP contribution in [0.1, 0.15) is 326 Å². The van der Waals surface area contributed by atoms with Crippen molar-refractivity contribution in [2.24, 2.45) is 11.8 Å². The molecule has 2 atom stereocenters. The normalized spacial score (nSPS) is 14.2. The minimum atomic E-state index is -0.233. The van der Waals surface area contributed by atoms with Gasteiger partial charge >= 0.3 is 0 Å². The number of thiophene rings is 4. The predicted octanol–water partition coefficient (Wildman–Crippen LogP) is 23.0. The quantitative estimate of drug-likeness (QED) is 0.0326. The number of imide groups is 2. The molecule has 2 unspecified atom stereocenters. The second kappa shape index (κ2) is 37.2. The molecular formula is C68H104N2O4S4. The first-order valence-corrected chi connectivity index (χ1v) is 35.9. The average Bonchev–Trinajstić information content (AvgIpc) is 4.47. The summed E-state index contributed by atoms with van der Waals surface area (Å²) in [6, 6.07) is 8.11. The Morgan fingerprint density at radius 2 is 0.551 bits per heavy atom. The van der Waals surface area contributed by atoms with E-state index in [4.69, 9.17) is 0 Å². The van der Waals surface area contributed by atoms with E-state index in [9.17, 15) is 0 Å². The average molecular weight is 1140 g/mol. The molecule has 0 radical (unpaired) electrons. The maximum absolute atomic E-state index is 15.3. The van der Waals surface area contributed by atoms with Crippen molar-refractivity contribution in [3.8, 4) is 29.3 Å². The van der Waals surface area contributed by atoms with Crippen LogP contribution >= 0.6 is 45.3 Å². The zero-order valence-corrected chi connectivity index (χ0v) is 52.7. The number of carbonyl (C=O) groups is 4. The minimum absolute atomic E-state index is 0.198. The fourth-order valence-electron chi connectivity index (χ4n) is 12.4. The van der Waals surface area contributed by atoms with E-state index in [1.54, 1.807) is 32.5 Å². The molecule has 0 saturated carbocycles. The van der Waals surface area contributed by atoms with Gasteiger partial charge < -0.3 is 0 Å². The Balaban J connectivity index is 1.22. The van der Waals surface area contributed by atoms with Crippen LogP contribution < -0.4 is 0 Å². The van der Waals surface area contributed by atoms with Crippen molar-refractivity contribution in [2.45, 2.75) is 285 Å². The minimum Gasteiger partial charge on any atom is -0.274 e. The van der Waals surface area contributed by atoms with Gasteiger partial charge in [0.05, 0.1) is 41.8 Å². The third-order valence-corrected chi connectivity index (χ3v) is 21.7. The van der Waals surface area contributed by atoms with Gasteiger partial charge in [0, 0.05) is 22.8 Å². The Bertz CT molecular complexity index is 2150. The van der Waals surface area contributed by atoms with Crippen LogP contribution in [0.5, 0.6) is 0 Å². The van der Waals surface area contributed by atoms with Crippen molar-refractivity contribution in [1.29, 1.82) is 0 Å². The number of nitrogens with zero attached hydrogens (tertiary/aromatic N) is 2. The largest absolute Gasteiger partial charge is 0.274 e. The lowest BCUT2D eigenvalue weighted by Crippen LogP contribution is -2.35. The molecule has 0 bridgehead atoms. The summed E-state index contributed by atoms with van der Waals surface area (Å²) in [6.07, 6.45) is 49.9. The van der Waals surface area contributed by atoms with Gasteiger partial charge in [-0.05, 0) is 60.4 Å². The van der Waals surface area contributed by atoms with E-state index < -0.39 is 0 Å². The molecule has 2 aliphatic heterocycles. The van der Waals surface area contributed by atoms with Crippen LogP contribution in [0.2, 0.25) is 0 Å². The molecule has 0 spiro atoms. The molecule has 4 aromatic heterocycles. The summed E-state index contributed by atoms with van der Waals surface area (Å²) in [5.74, 6) is -0.368. The van der Waals surface area contributed by atoms with E-state index in [1.165, 1.54) is 228 Å². The molecule has 6 rings (SSSR count). The zero-order chi connectivity index (χ0) is 55.2. The number of amides is 4. The van der Waals surface area contributed by atoms with Crippen molar-refractivity contribution < 1.29 is 19.2 Å². The number of hydrogen-bond donors (Lipinski definition) is 0. The number of carbonyl (C=O) groups excluding carboxylic acids is 4. The van der Waals surface area contributed by atoms with Crippen LogP contribution in [-0.4, -0.2) is 46.5 Å². The van der Waals surface area contributed by atoms with Crippen molar-refractivity contribution in [1.82, 2.24) is 9.80 Å². The monoisotopic (exact) mass is 1140 g/mol. The summed E-state index contributed by atoms with van der Waals surface area (Å²) in [5.41, 5.74) is 1.85.